The number of allylic oxidation sites excluding steroid dienone is 5. The number of piperazine rings is 1. The van der Waals surface area contributed by atoms with Crippen molar-refractivity contribution in [1.29, 1.82) is 0 Å². The van der Waals surface area contributed by atoms with Crippen LogP contribution in [0.15, 0.2) is 58.3 Å². The molecule has 1 aliphatic heterocycles. The number of nitrogens with zero attached hydrogens (tertiary/aromatic N) is 2. The first-order chi connectivity index (χ1) is 14.9. The van der Waals surface area contributed by atoms with Crippen LogP contribution in [0, 0.1) is 0 Å². The second kappa shape index (κ2) is 12.0. The summed E-state index contributed by atoms with van der Waals surface area (Å²) in [4.78, 5) is 19.8. The minimum absolute atomic E-state index is 0.00990. The van der Waals surface area contributed by atoms with Crippen LogP contribution in [0.1, 0.15) is 34.1 Å². The predicted octanol–water partition coefficient (Wildman–Crippen LogP) is 3.43. The molecule has 31 heavy (non-hydrogen) atoms. The number of hydrogen-bond donors (Lipinski definition) is 3. The molecule has 0 aliphatic carbocycles. The second-order valence-electron chi connectivity index (χ2n) is 7.33. The summed E-state index contributed by atoms with van der Waals surface area (Å²) in [5.74, 6) is 0.309. The third-order valence-electron chi connectivity index (χ3n) is 5.21. The number of amides is 1. The highest BCUT2D eigenvalue weighted by atomic mass is 16.5. The Labute approximate surface area is 185 Å². The maximum absolute atomic E-state index is 13.5. The van der Waals surface area contributed by atoms with E-state index in [0.29, 0.717) is 43.3 Å². The SMILES string of the molecule is CC=N/C(C(=O)N1CCNCC1CCOc1ccc(N)cc1O)=C(C)/C(/C=C\C)=C/C. The lowest BCUT2D eigenvalue weighted by Gasteiger charge is -2.36. The van der Waals surface area contributed by atoms with Crippen molar-refractivity contribution in [2.75, 3.05) is 32.0 Å². The van der Waals surface area contributed by atoms with Gasteiger partial charge in [-0.15, -0.1) is 0 Å². The second-order valence-corrected chi connectivity index (χ2v) is 7.33. The molecular formula is C24H34N4O3. The van der Waals surface area contributed by atoms with Crippen molar-refractivity contribution in [3.05, 3.63) is 53.3 Å². The molecule has 168 valence electrons. The first-order valence-electron chi connectivity index (χ1n) is 10.6. The summed E-state index contributed by atoms with van der Waals surface area (Å²) in [6.45, 7) is 10.0. The Bertz CT molecular complexity index is 887. The summed E-state index contributed by atoms with van der Waals surface area (Å²) < 4.78 is 5.73. The number of nitrogen functional groups attached to an aromatic ring is 1. The number of hydrogen-bond acceptors (Lipinski definition) is 6. The van der Waals surface area contributed by atoms with Crippen LogP contribution in [0.4, 0.5) is 5.69 Å². The largest absolute Gasteiger partial charge is 0.504 e. The van der Waals surface area contributed by atoms with Crippen LogP contribution in [-0.2, 0) is 4.79 Å². The molecule has 0 aromatic heterocycles. The van der Waals surface area contributed by atoms with Crippen LogP contribution < -0.4 is 15.8 Å². The predicted molar refractivity (Wildman–Crippen MR) is 126 cm³/mol. The molecule has 1 aliphatic rings. The summed E-state index contributed by atoms with van der Waals surface area (Å²) >= 11 is 0. The van der Waals surface area contributed by atoms with Gasteiger partial charge in [-0.3, -0.25) is 9.79 Å². The first kappa shape index (κ1) is 24.2. The summed E-state index contributed by atoms with van der Waals surface area (Å²) in [7, 11) is 0. The van der Waals surface area contributed by atoms with Crippen molar-refractivity contribution in [2.45, 2.75) is 40.2 Å². The molecule has 1 heterocycles. The van der Waals surface area contributed by atoms with Crippen molar-refractivity contribution in [1.82, 2.24) is 10.2 Å². The molecule has 0 bridgehead atoms. The highest BCUT2D eigenvalue weighted by molar-refractivity contribution is 5.96. The maximum Gasteiger partial charge on any atom is 0.273 e. The summed E-state index contributed by atoms with van der Waals surface area (Å²) in [5.41, 5.74) is 8.42. The van der Waals surface area contributed by atoms with E-state index in [1.165, 1.54) is 6.07 Å². The minimum atomic E-state index is -0.0821. The van der Waals surface area contributed by atoms with E-state index < -0.39 is 0 Å². The smallest absolute Gasteiger partial charge is 0.273 e. The number of nitrogens with two attached hydrogens (primary N) is 1. The minimum Gasteiger partial charge on any atom is -0.504 e. The van der Waals surface area contributed by atoms with Gasteiger partial charge < -0.3 is 25.8 Å². The van der Waals surface area contributed by atoms with Gasteiger partial charge in [0.25, 0.3) is 5.91 Å². The maximum atomic E-state index is 13.5. The number of phenolic OH excluding ortho intramolecular Hbond substituents is 1. The lowest BCUT2D eigenvalue weighted by atomic mass is 10.0. The molecule has 7 heteroatoms. The molecule has 4 N–H and O–H groups in total. The van der Waals surface area contributed by atoms with Crippen molar-refractivity contribution in [2.24, 2.45) is 4.99 Å². The fourth-order valence-corrected chi connectivity index (χ4v) is 3.58. The summed E-state index contributed by atoms with van der Waals surface area (Å²) in [5, 5.41) is 13.3. The fourth-order valence-electron chi connectivity index (χ4n) is 3.58. The molecule has 2 rings (SSSR count). The summed E-state index contributed by atoms with van der Waals surface area (Å²) in [6.07, 6.45) is 8.19. The van der Waals surface area contributed by atoms with E-state index in [1.807, 2.05) is 50.8 Å². The van der Waals surface area contributed by atoms with Gasteiger partial charge in [-0.05, 0) is 51.0 Å². The molecule has 1 saturated heterocycles. The number of aliphatic imine (C=N–C) groups is 1. The highest BCUT2D eigenvalue weighted by Crippen LogP contribution is 2.28. The van der Waals surface area contributed by atoms with E-state index in [-0.39, 0.29) is 17.7 Å². The quantitative estimate of drug-likeness (QED) is 0.256. The Morgan fingerprint density at radius 2 is 2.16 bits per heavy atom. The van der Waals surface area contributed by atoms with Crippen LogP contribution in [0.25, 0.3) is 0 Å². The van der Waals surface area contributed by atoms with E-state index in [2.05, 4.69) is 10.3 Å². The van der Waals surface area contributed by atoms with E-state index in [4.69, 9.17) is 10.5 Å². The number of nitrogens with one attached hydrogen (secondary N) is 1. The van der Waals surface area contributed by atoms with E-state index in [0.717, 1.165) is 17.7 Å². The van der Waals surface area contributed by atoms with E-state index in [1.54, 1.807) is 18.3 Å². The zero-order chi connectivity index (χ0) is 22.8. The van der Waals surface area contributed by atoms with Crippen molar-refractivity contribution in [3.8, 4) is 11.5 Å². The van der Waals surface area contributed by atoms with Gasteiger partial charge in [0.1, 0.15) is 5.70 Å². The molecule has 1 aromatic carbocycles. The number of carbonyl (C=O) groups is 1. The standard InChI is InChI=1S/C24H34N4O3/c1-5-8-18(6-2)17(4)23(27-7-3)24(30)28-13-12-26-16-20(28)11-14-31-22-10-9-19(25)15-21(22)29/h5-10,15,20,26,29H,11-14,16,25H2,1-4H3/b8-5-,18-6+,23-17+,27-7?. The number of anilines is 1. The van der Waals surface area contributed by atoms with Gasteiger partial charge in [-0.25, -0.2) is 0 Å². The Morgan fingerprint density at radius 1 is 1.39 bits per heavy atom. The summed E-state index contributed by atoms with van der Waals surface area (Å²) in [6, 6.07) is 4.74. The van der Waals surface area contributed by atoms with Crippen LogP contribution >= 0.6 is 0 Å². The fraction of sp³-hybridized carbons (Fsp3) is 0.417. The number of ether oxygens (including phenoxy) is 1. The number of phenols is 1. The van der Waals surface area contributed by atoms with Crippen molar-refractivity contribution >= 4 is 17.8 Å². The molecule has 1 atom stereocenters. The molecule has 7 nitrogen and oxygen atoms in total. The monoisotopic (exact) mass is 426 g/mol. The number of carbonyl (C=O) groups excluding carboxylic acids is 1. The first-order valence-corrected chi connectivity index (χ1v) is 10.6. The molecule has 0 radical (unpaired) electrons. The van der Waals surface area contributed by atoms with Gasteiger partial charge in [-0.2, -0.15) is 0 Å². The zero-order valence-corrected chi connectivity index (χ0v) is 18.9. The van der Waals surface area contributed by atoms with Crippen molar-refractivity contribution in [3.63, 3.8) is 0 Å². The molecular weight excluding hydrogens is 392 g/mol. The molecule has 1 fully saturated rings. The van der Waals surface area contributed by atoms with E-state index in [9.17, 15) is 9.90 Å². The van der Waals surface area contributed by atoms with Crippen LogP contribution in [0.3, 0.4) is 0 Å². The van der Waals surface area contributed by atoms with Gasteiger partial charge in [0.15, 0.2) is 11.5 Å². The van der Waals surface area contributed by atoms with Crippen molar-refractivity contribution < 1.29 is 14.6 Å². The Kier molecular flexibility index (Phi) is 9.34. The average molecular weight is 427 g/mol. The molecule has 1 aromatic rings. The van der Waals surface area contributed by atoms with E-state index >= 15 is 0 Å². The van der Waals surface area contributed by atoms with Gasteiger partial charge >= 0.3 is 0 Å². The Balaban J connectivity index is 2.17. The van der Waals surface area contributed by atoms with Gasteiger partial charge in [0.2, 0.25) is 0 Å². The lowest BCUT2D eigenvalue weighted by molar-refractivity contribution is -0.130. The molecule has 0 spiro atoms. The van der Waals surface area contributed by atoms with Gasteiger partial charge in [0.05, 0.1) is 6.61 Å². The molecule has 1 unspecified atom stereocenters. The molecule has 0 saturated carbocycles. The number of benzene rings is 1. The van der Waals surface area contributed by atoms with Gasteiger partial charge in [0, 0.05) is 50.1 Å². The van der Waals surface area contributed by atoms with Crippen LogP contribution in [0.2, 0.25) is 0 Å². The van der Waals surface area contributed by atoms with Crippen LogP contribution in [0.5, 0.6) is 11.5 Å². The molecule has 1 amide bonds. The Hall–Kier alpha value is -3.06. The number of rotatable bonds is 8. The zero-order valence-electron chi connectivity index (χ0n) is 18.9. The topological polar surface area (TPSA) is 100 Å². The van der Waals surface area contributed by atoms with Crippen LogP contribution in [-0.4, -0.2) is 54.4 Å². The van der Waals surface area contributed by atoms with Gasteiger partial charge in [-0.1, -0.05) is 18.2 Å². The third kappa shape index (κ3) is 6.46. The normalized spacial score (nSPS) is 18.5. The number of aromatic hydroxyl groups is 1. The average Bonchev–Trinajstić information content (AvgIpc) is 2.76. The lowest BCUT2D eigenvalue weighted by Crippen LogP contribution is -2.54. The Morgan fingerprint density at radius 3 is 2.81 bits per heavy atom. The highest BCUT2D eigenvalue weighted by Gasteiger charge is 2.29. The third-order valence-corrected chi connectivity index (χ3v) is 5.21.